The Hall–Kier alpha value is -4.34. The molecule has 0 saturated carbocycles. The van der Waals surface area contributed by atoms with E-state index in [0.717, 1.165) is 38.5 Å². The molecule has 10 heteroatoms. The SMILES string of the molecule is COc1cc(F)c(-c2c3ccccc3c(-c3c(F)cc(OC)cc3F)c3c(F)c(F)c(F)c(F)c23)c(F)c1. The van der Waals surface area contributed by atoms with Crippen LogP contribution in [0, 0.1) is 46.5 Å². The average molecular weight is 534 g/mol. The third-order valence-corrected chi connectivity index (χ3v) is 6.24. The second kappa shape index (κ2) is 9.20. The van der Waals surface area contributed by atoms with Gasteiger partial charge in [-0.05, 0) is 10.8 Å². The highest BCUT2D eigenvalue weighted by Gasteiger charge is 2.32. The lowest BCUT2D eigenvalue weighted by molar-refractivity contribution is 0.407. The number of halogens is 8. The molecule has 5 aromatic carbocycles. The van der Waals surface area contributed by atoms with Crippen LogP contribution in [0.25, 0.3) is 43.8 Å². The van der Waals surface area contributed by atoms with Crippen molar-refractivity contribution in [2.24, 2.45) is 0 Å². The first-order valence-electron chi connectivity index (χ1n) is 10.9. The molecule has 0 N–H and O–H groups in total. The molecule has 0 aliphatic carbocycles. The summed E-state index contributed by atoms with van der Waals surface area (Å²) in [4.78, 5) is 0. The molecule has 38 heavy (non-hydrogen) atoms. The van der Waals surface area contributed by atoms with Gasteiger partial charge >= 0.3 is 0 Å². The monoisotopic (exact) mass is 534 g/mol. The van der Waals surface area contributed by atoms with Crippen LogP contribution in [0.3, 0.4) is 0 Å². The molecule has 0 radical (unpaired) electrons. The van der Waals surface area contributed by atoms with Gasteiger partial charge in [0, 0.05) is 46.2 Å². The van der Waals surface area contributed by atoms with Gasteiger partial charge in [-0.1, -0.05) is 24.3 Å². The normalized spacial score (nSPS) is 11.4. The number of methoxy groups -OCH3 is 2. The molecule has 0 heterocycles. The predicted octanol–water partition coefficient (Wildman–Crippen LogP) is 8.46. The summed E-state index contributed by atoms with van der Waals surface area (Å²) >= 11 is 0. The van der Waals surface area contributed by atoms with Crippen molar-refractivity contribution in [2.45, 2.75) is 0 Å². The molecule has 5 aromatic rings. The van der Waals surface area contributed by atoms with Crippen LogP contribution in [0.15, 0.2) is 48.5 Å². The van der Waals surface area contributed by atoms with Crippen LogP contribution in [0.1, 0.15) is 0 Å². The van der Waals surface area contributed by atoms with E-state index in [1.54, 1.807) is 0 Å². The van der Waals surface area contributed by atoms with E-state index in [4.69, 9.17) is 9.47 Å². The fraction of sp³-hybridized carbons (Fsp3) is 0.0714. The summed E-state index contributed by atoms with van der Waals surface area (Å²) in [6.07, 6.45) is 0. The lowest BCUT2D eigenvalue weighted by atomic mass is 9.84. The van der Waals surface area contributed by atoms with Gasteiger partial charge in [0.1, 0.15) is 34.8 Å². The smallest absolute Gasteiger partial charge is 0.198 e. The Morgan fingerprint density at radius 2 is 0.763 bits per heavy atom. The van der Waals surface area contributed by atoms with Gasteiger partial charge in [0.25, 0.3) is 0 Å². The number of hydrogen-bond acceptors (Lipinski definition) is 2. The molecule has 194 valence electrons. The number of ether oxygens (including phenoxy) is 2. The van der Waals surface area contributed by atoms with Gasteiger partial charge in [0.15, 0.2) is 23.3 Å². The minimum atomic E-state index is -2.28. The molecule has 0 atom stereocenters. The highest BCUT2D eigenvalue weighted by Crippen LogP contribution is 2.49. The Bertz CT molecular complexity index is 1610. The summed E-state index contributed by atoms with van der Waals surface area (Å²) in [7, 11) is 2.28. The van der Waals surface area contributed by atoms with Crippen LogP contribution in [0.2, 0.25) is 0 Å². The zero-order valence-electron chi connectivity index (χ0n) is 19.5. The predicted molar refractivity (Wildman–Crippen MR) is 125 cm³/mol. The van der Waals surface area contributed by atoms with E-state index in [9.17, 15) is 8.78 Å². The van der Waals surface area contributed by atoms with Crippen LogP contribution in [0.4, 0.5) is 35.1 Å². The minimum absolute atomic E-state index is 0.225. The first-order chi connectivity index (χ1) is 18.1. The van der Waals surface area contributed by atoms with Crippen molar-refractivity contribution in [1.82, 2.24) is 0 Å². The molecule has 0 aliphatic heterocycles. The van der Waals surface area contributed by atoms with Crippen molar-refractivity contribution in [3.63, 3.8) is 0 Å². The Morgan fingerprint density at radius 3 is 1.05 bits per heavy atom. The molecule has 0 saturated heterocycles. The Balaban J connectivity index is 2.12. The van der Waals surface area contributed by atoms with Gasteiger partial charge in [-0.25, -0.2) is 35.1 Å². The fourth-order valence-corrected chi connectivity index (χ4v) is 4.62. The molecule has 0 spiro atoms. The van der Waals surface area contributed by atoms with Gasteiger partial charge in [-0.15, -0.1) is 0 Å². The maximum absolute atomic E-state index is 15.5. The van der Waals surface area contributed by atoms with E-state index in [0.29, 0.717) is 0 Å². The molecule has 0 unspecified atom stereocenters. The summed E-state index contributed by atoms with van der Waals surface area (Å²) in [5, 5.41) is -2.69. The highest BCUT2D eigenvalue weighted by molar-refractivity contribution is 6.22. The van der Waals surface area contributed by atoms with E-state index >= 15 is 26.3 Å². The Kier molecular flexibility index (Phi) is 6.13. The lowest BCUT2D eigenvalue weighted by Crippen LogP contribution is -2.05. The van der Waals surface area contributed by atoms with Gasteiger partial charge in [0.05, 0.1) is 25.3 Å². The van der Waals surface area contributed by atoms with Crippen molar-refractivity contribution >= 4 is 21.5 Å². The first kappa shape index (κ1) is 25.3. The molecule has 0 fully saturated rings. The topological polar surface area (TPSA) is 18.5 Å². The fourth-order valence-electron chi connectivity index (χ4n) is 4.62. The van der Waals surface area contributed by atoms with Crippen LogP contribution < -0.4 is 9.47 Å². The first-order valence-corrected chi connectivity index (χ1v) is 10.9. The Labute approximate surface area is 209 Å². The lowest BCUT2D eigenvalue weighted by Gasteiger charge is -2.20. The van der Waals surface area contributed by atoms with Crippen LogP contribution in [0.5, 0.6) is 11.5 Å². The van der Waals surface area contributed by atoms with E-state index in [-0.39, 0.29) is 22.3 Å². The summed E-state index contributed by atoms with van der Waals surface area (Å²) < 4.78 is 131. The molecule has 2 nitrogen and oxygen atoms in total. The zero-order chi connectivity index (χ0) is 27.5. The summed E-state index contributed by atoms with van der Waals surface area (Å²) in [6, 6.07) is 8.16. The van der Waals surface area contributed by atoms with Gasteiger partial charge in [-0.3, -0.25) is 0 Å². The quantitative estimate of drug-likeness (QED) is 0.0997. The largest absolute Gasteiger partial charge is 0.497 e. The van der Waals surface area contributed by atoms with Crippen molar-refractivity contribution in [3.05, 3.63) is 95.1 Å². The third kappa shape index (κ3) is 3.62. The zero-order valence-corrected chi connectivity index (χ0v) is 19.5. The summed E-state index contributed by atoms with van der Waals surface area (Å²) in [5.41, 5.74) is -3.22. The van der Waals surface area contributed by atoms with Gasteiger partial charge in [0.2, 0.25) is 0 Å². The van der Waals surface area contributed by atoms with Crippen LogP contribution >= 0.6 is 0 Å². The van der Waals surface area contributed by atoms with Crippen LogP contribution in [-0.2, 0) is 0 Å². The maximum atomic E-state index is 15.5. The maximum Gasteiger partial charge on any atom is 0.198 e. The third-order valence-electron chi connectivity index (χ3n) is 6.24. The van der Waals surface area contributed by atoms with Crippen molar-refractivity contribution in [3.8, 4) is 33.8 Å². The standard InChI is InChI=1S/C28H14F8O2/c1-37-11-7-15(29)21(16(30)8-11)19-13-5-3-4-6-14(13)20(22-17(31)9-12(38-2)10-18(22)32)24-23(19)25(33)27(35)28(36)26(24)34/h3-10H,1-2H3. The average Bonchev–Trinajstić information content (AvgIpc) is 2.89. The molecular formula is C28H14F8O2. The Morgan fingerprint density at radius 1 is 0.447 bits per heavy atom. The van der Waals surface area contributed by atoms with E-state index in [1.807, 2.05) is 0 Å². The molecule has 0 bridgehead atoms. The van der Waals surface area contributed by atoms with Crippen molar-refractivity contribution in [2.75, 3.05) is 14.2 Å². The van der Waals surface area contributed by atoms with E-state index < -0.39 is 79.6 Å². The second-order valence-corrected chi connectivity index (χ2v) is 8.23. The second-order valence-electron chi connectivity index (χ2n) is 8.23. The van der Waals surface area contributed by atoms with Gasteiger partial charge < -0.3 is 9.47 Å². The summed E-state index contributed by atoms with van der Waals surface area (Å²) in [6.45, 7) is 0. The minimum Gasteiger partial charge on any atom is -0.497 e. The van der Waals surface area contributed by atoms with E-state index in [1.165, 1.54) is 24.3 Å². The van der Waals surface area contributed by atoms with Gasteiger partial charge in [-0.2, -0.15) is 0 Å². The summed E-state index contributed by atoms with van der Waals surface area (Å²) in [5.74, 6) is -14.3. The molecule has 0 aromatic heterocycles. The number of benzene rings is 5. The van der Waals surface area contributed by atoms with Crippen molar-refractivity contribution in [1.29, 1.82) is 0 Å². The number of hydrogen-bond donors (Lipinski definition) is 0. The number of fused-ring (bicyclic) bond motifs is 2. The number of rotatable bonds is 4. The van der Waals surface area contributed by atoms with Crippen LogP contribution in [-0.4, -0.2) is 14.2 Å². The van der Waals surface area contributed by atoms with Crippen molar-refractivity contribution < 1.29 is 44.6 Å². The van der Waals surface area contributed by atoms with E-state index in [2.05, 4.69) is 0 Å². The molecule has 0 aliphatic rings. The molecule has 0 amide bonds. The highest BCUT2D eigenvalue weighted by atomic mass is 19.2. The molecular weight excluding hydrogens is 520 g/mol. The molecule has 5 rings (SSSR count).